The number of para-hydroxylation sites is 1. The lowest BCUT2D eigenvalue weighted by Crippen LogP contribution is -2.61. The molecule has 1 saturated heterocycles. The molecular formula is C68H102N16O24. The zero-order valence-corrected chi connectivity index (χ0v) is 61.2. The fourth-order valence-corrected chi connectivity index (χ4v) is 10.9. The molecule has 22 N–H and O–H groups in total. The monoisotopic (exact) mass is 1530 g/mol. The van der Waals surface area contributed by atoms with Crippen LogP contribution in [0.4, 0.5) is 0 Å². The number of nitrogens with two attached hydrogens (primary N) is 2. The van der Waals surface area contributed by atoms with Gasteiger partial charge in [0.2, 0.25) is 82.7 Å². The van der Waals surface area contributed by atoms with Gasteiger partial charge >= 0.3 is 29.8 Å². The summed E-state index contributed by atoms with van der Waals surface area (Å²) in [6.45, 7) is 8.00. The fourth-order valence-electron chi connectivity index (χ4n) is 10.9. The van der Waals surface area contributed by atoms with E-state index in [1.54, 1.807) is 37.4 Å². The maximum Gasteiger partial charge on any atom is 0.329 e. The Morgan fingerprint density at radius 2 is 1.08 bits per heavy atom. The molecule has 1 aromatic carbocycles. The molecule has 1 aliphatic rings. The van der Waals surface area contributed by atoms with Gasteiger partial charge in [-0.05, 0) is 76.5 Å². The molecule has 1 aliphatic heterocycles. The molecule has 3 rings (SSSR count). The number of ether oxygens (including phenoxy) is 1. The number of esters is 1. The van der Waals surface area contributed by atoms with Gasteiger partial charge < -0.3 is 111 Å². The average Bonchev–Trinajstić information content (AvgIpc) is 1.62. The number of carbonyl (C=O) groups is 19. The van der Waals surface area contributed by atoms with Gasteiger partial charge in [-0.1, -0.05) is 84.4 Å². The average molecular weight is 1530 g/mol. The first kappa shape index (κ1) is 90.9. The van der Waals surface area contributed by atoms with Crippen molar-refractivity contribution in [3.05, 3.63) is 36.0 Å². The number of aromatic amines is 1. The summed E-state index contributed by atoms with van der Waals surface area (Å²) in [7, 11) is 0. The molecule has 0 saturated carbocycles. The molecule has 14 amide bonds. The second kappa shape index (κ2) is 45.9. The molecule has 0 aliphatic carbocycles. The largest absolute Gasteiger partial charge is 0.481 e. The highest BCUT2D eigenvalue weighted by Crippen LogP contribution is 2.21. The van der Waals surface area contributed by atoms with E-state index >= 15 is 0 Å². The molecule has 1 fully saturated rings. The van der Waals surface area contributed by atoms with Gasteiger partial charge in [0.15, 0.2) is 0 Å². The number of carbonyl (C=O) groups excluding carboxylic acids is 15. The van der Waals surface area contributed by atoms with Crippen molar-refractivity contribution < 1.29 is 116 Å². The number of hydrogen-bond acceptors (Lipinski definition) is 21. The Bertz CT molecular complexity index is 3570. The maximum atomic E-state index is 14.6. The molecule has 0 radical (unpaired) electrons. The van der Waals surface area contributed by atoms with Crippen LogP contribution >= 0.6 is 0 Å². The van der Waals surface area contributed by atoms with Gasteiger partial charge in [0.1, 0.15) is 72.6 Å². The van der Waals surface area contributed by atoms with Gasteiger partial charge in [-0.15, -0.1) is 0 Å². The van der Waals surface area contributed by atoms with Crippen molar-refractivity contribution in [3.63, 3.8) is 0 Å². The van der Waals surface area contributed by atoms with E-state index in [0.29, 0.717) is 35.2 Å². The number of carboxylic acids is 4. The SMILES string of the molecule is CCC(C)CCCCCCC(=O)NC(Cc1c[nH]c2ccccc12)C(=O)NC(CC(N)=O)C(=O)NC(CC(=O)O)C(=O)NC1C(=O)NCC(=O)NC(CCCN)C(=O)NC(CC(=O)O)C(=O)NC(C)C(=O)NC(CC(=O)O)C(=O)NCC(=O)NC(C)C(=O)NC(CCC(=O)O)C(=O)NC(C(C)CC)C(=O)OC1C. The molecule has 2 heterocycles. The predicted octanol–water partition coefficient (Wildman–Crippen LogP) is -4.40. The normalized spacial score (nSPS) is 22.2. The molecule has 40 nitrogen and oxygen atoms in total. The summed E-state index contributed by atoms with van der Waals surface area (Å²) in [6, 6.07) is -13.7. The van der Waals surface area contributed by atoms with Gasteiger partial charge in [-0.25, -0.2) is 4.79 Å². The number of H-pyrrole nitrogens is 1. The number of fused-ring (bicyclic) bond motifs is 1. The number of benzene rings is 1. The van der Waals surface area contributed by atoms with E-state index in [1.807, 2.05) is 0 Å². The number of unbranched alkanes of at least 4 members (excludes halogenated alkanes) is 3. The molecular weight excluding hydrogens is 1420 g/mol. The smallest absolute Gasteiger partial charge is 0.329 e. The van der Waals surface area contributed by atoms with Crippen LogP contribution in [0.5, 0.6) is 0 Å². The number of nitrogens with one attached hydrogen (secondary N) is 14. The Balaban J connectivity index is 2.16. The maximum absolute atomic E-state index is 14.6. The Kier molecular flexibility index (Phi) is 38.6. The van der Waals surface area contributed by atoms with Crippen LogP contribution in [0.1, 0.15) is 157 Å². The van der Waals surface area contributed by atoms with Crippen LogP contribution in [0.15, 0.2) is 30.5 Å². The van der Waals surface area contributed by atoms with Crippen molar-refractivity contribution in [1.82, 2.24) is 74.1 Å². The molecule has 0 bridgehead atoms. The zero-order chi connectivity index (χ0) is 81.1. The predicted molar refractivity (Wildman–Crippen MR) is 379 cm³/mol. The second-order valence-electron chi connectivity index (χ2n) is 26.4. The van der Waals surface area contributed by atoms with Crippen LogP contribution in [0.2, 0.25) is 0 Å². The van der Waals surface area contributed by atoms with E-state index in [2.05, 4.69) is 87.9 Å². The van der Waals surface area contributed by atoms with Crippen LogP contribution in [-0.4, -0.2) is 230 Å². The third-order valence-corrected chi connectivity index (χ3v) is 17.5. The number of amides is 14. The molecule has 14 atom stereocenters. The minimum absolute atomic E-state index is 0.00617. The highest BCUT2D eigenvalue weighted by Gasteiger charge is 2.40. The van der Waals surface area contributed by atoms with Crippen molar-refractivity contribution in [2.45, 2.75) is 230 Å². The van der Waals surface area contributed by atoms with Gasteiger partial charge in [0.05, 0.1) is 38.8 Å². The molecule has 40 heteroatoms. The number of aliphatic carboxylic acids is 4. The van der Waals surface area contributed by atoms with Crippen LogP contribution in [0.3, 0.4) is 0 Å². The lowest BCUT2D eigenvalue weighted by atomic mass is 9.98. The summed E-state index contributed by atoms with van der Waals surface area (Å²) < 4.78 is 5.71. The van der Waals surface area contributed by atoms with E-state index in [-0.39, 0.29) is 38.6 Å². The number of hydrogen-bond donors (Lipinski definition) is 20. The lowest BCUT2D eigenvalue weighted by molar-refractivity contribution is -0.157. The van der Waals surface area contributed by atoms with E-state index in [1.165, 1.54) is 6.92 Å². The molecule has 108 heavy (non-hydrogen) atoms. The Labute approximate surface area is 620 Å². The van der Waals surface area contributed by atoms with Crippen molar-refractivity contribution >= 4 is 123 Å². The van der Waals surface area contributed by atoms with E-state index in [4.69, 9.17) is 16.2 Å². The number of primary amides is 1. The number of rotatable bonds is 33. The number of cyclic esters (lactones) is 1. The highest BCUT2D eigenvalue weighted by atomic mass is 16.5. The second-order valence-corrected chi connectivity index (χ2v) is 26.4. The van der Waals surface area contributed by atoms with Gasteiger partial charge in [0.25, 0.3) is 0 Å². The summed E-state index contributed by atoms with van der Waals surface area (Å²) in [5, 5.41) is 68.8. The topological polar surface area (TPSA) is 639 Å². The Hall–Kier alpha value is -11.3. The third kappa shape index (κ3) is 32.2. The van der Waals surface area contributed by atoms with Gasteiger partial charge in [-0.2, -0.15) is 0 Å². The van der Waals surface area contributed by atoms with E-state index < -0.39 is 243 Å². The first-order valence-electron chi connectivity index (χ1n) is 35.4. The Morgan fingerprint density at radius 1 is 0.546 bits per heavy atom. The summed E-state index contributed by atoms with van der Waals surface area (Å²) in [4.78, 5) is 259. The number of carboxylic acid groups (broad SMARTS) is 4. The van der Waals surface area contributed by atoms with Crippen molar-refractivity contribution in [2.24, 2.45) is 23.3 Å². The highest BCUT2D eigenvalue weighted by molar-refractivity contribution is 6.02. The zero-order valence-electron chi connectivity index (χ0n) is 61.2. The standard InChI is InChI=1S/C68H102N16O24/c1-8-33(3)17-12-10-11-13-21-49(86)77-43(25-38-30-71-40-19-15-14-18-39(38)40)64(103)80-44(26-48(70)85)65(104)82-47(29-55(95)96)66(105)84-57-37(7)108-68(107)56(34(4)9-2)83-62(101)42(22-23-52(89)90)78-58(97)35(5)74-50(87)31-72-60(99)45(27-53(91)92)79-59(98)36(6)75-63(102)46(28-54(93)94)81-61(100)41(20-16-24-69)76-51(88)32-73-67(57)106/h14-15,18-19,30,33-37,41-47,56-57,71H,8-13,16-17,20-29,31-32,69H2,1-7H3,(H2,70,85)(H,72,99)(H,73,106)(H,74,87)(H,75,102)(H,76,88)(H,77,86)(H,78,97)(H,79,98)(H,80,103)(H,81,100)(H,82,104)(H,83,101)(H,84,105)(H,89,90)(H,91,92)(H,93,94)(H,95,96). The van der Waals surface area contributed by atoms with Gasteiger partial charge in [0, 0.05) is 36.4 Å². The molecule has 14 unspecified atom stereocenters. The molecule has 2 aromatic rings. The first-order valence-corrected chi connectivity index (χ1v) is 35.4. The Morgan fingerprint density at radius 3 is 1.68 bits per heavy atom. The fraction of sp³-hybridized carbons (Fsp3) is 0.603. The molecule has 598 valence electrons. The minimum Gasteiger partial charge on any atom is -0.481 e. The summed E-state index contributed by atoms with van der Waals surface area (Å²) in [5.74, 6) is -25.5. The van der Waals surface area contributed by atoms with Crippen molar-refractivity contribution in [1.29, 1.82) is 0 Å². The third-order valence-electron chi connectivity index (χ3n) is 17.5. The van der Waals surface area contributed by atoms with Crippen molar-refractivity contribution in [2.75, 3.05) is 19.6 Å². The molecule has 1 aromatic heterocycles. The first-order chi connectivity index (χ1) is 50.9. The van der Waals surface area contributed by atoms with E-state index in [9.17, 15) is 112 Å². The summed E-state index contributed by atoms with van der Waals surface area (Å²) in [6.07, 6.45) is -1.98. The van der Waals surface area contributed by atoms with Gasteiger partial charge in [-0.3, -0.25) is 86.3 Å². The summed E-state index contributed by atoms with van der Waals surface area (Å²) in [5.41, 5.74) is 12.5. The van der Waals surface area contributed by atoms with Crippen LogP contribution in [0, 0.1) is 11.8 Å². The minimum atomic E-state index is -2.29. The lowest BCUT2D eigenvalue weighted by Gasteiger charge is -2.30. The molecule has 0 spiro atoms. The van der Waals surface area contributed by atoms with E-state index in [0.717, 1.165) is 46.5 Å². The number of aromatic nitrogens is 1. The summed E-state index contributed by atoms with van der Waals surface area (Å²) >= 11 is 0. The van der Waals surface area contributed by atoms with Crippen LogP contribution in [-0.2, 0) is 102 Å². The van der Waals surface area contributed by atoms with Crippen LogP contribution < -0.4 is 80.6 Å². The van der Waals surface area contributed by atoms with Crippen LogP contribution in [0.25, 0.3) is 10.9 Å². The quantitative estimate of drug-likeness (QED) is 0.0237. The van der Waals surface area contributed by atoms with Crippen molar-refractivity contribution in [3.8, 4) is 0 Å².